The lowest BCUT2D eigenvalue weighted by atomic mass is 10.1. The molecule has 0 aliphatic carbocycles. The Morgan fingerprint density at radius 2 is 2.05 bits per heavy atom. The SMILES string of the molecule is FC(F)COCCNCc1ccnc2ccccc12. The molecule has 1 heterocycles. The number of hydrogen-bond donors (Lipinski definition) is 1. The van der Waals surface area contributed by atoms with E-state index in [9.17, 15) is 8.78 Å². The highest BCUT2D eigenvalue weighted by Gasteiger charge is 2.02. The van der Waals surface area contributed by atoms with Gasteiger partial charge >= 0.3 is 0 Å². The summed E-state index contributed by atoms with van der Waals surface area (Å²) in [5.74, 6) is 0. The molecule has 0 saturated heterocycles. The lowest BCUT2D eigenvalue weighted by Crippen LogP contribution is -2.20. The Kier molecular flexibility index (Phi) is 5.18. The molecule has 0 fully saturated rings. The van der Waals surface area contributed by atoms with Crippen molar-refractivity contribution in [1.82, 2.24) is 10.3 Å². The minimum Gasteiger partial charge on any atom is -0.374 e. The van der Waals surface area contributed by atoms with Crippen LogP contribution in [-0.2, 0) is 11.3 Å². The van der Waals surface area contributed by atoms with E-state index in [2.05, 4.69) is 10.3 Å². The third-order valence-corrected chi connectivity index (χ3v) is 2.72. The van der Waals surface area contributed by atoms with Crippen molar-refractivity contribution in [3.05, 3.63) is 42.1 Å². The second kappa shape index (κ2) is 7.11. The van der Waals surface area contributed by atoms with Crippen molar-refractivity contribution in [3.63, 3.8) is 0 Å². The van der Waals surface area contributed by atoms with Gasteiger partial charge in [-0.1, -0.05) is 18.2 Å². The maximum absolute atomic E-state index is 11.8. The van der Waals surface area contributed by atoms with Crippen LogP contribution >= 0.6 is 0 Å². The zero-order chi connectivity index (χ0) is 13.5. The Hall–Kier alpha value is -1.59. The van der Waals surface area contributed by atoms with Crippen molar-refractivity contribution in [3.8, 4) is 0 Å². The molecule has 0 aliphatic rings. The summed E-state index contributed by atoms with van der Waals surface area (Å²) < 4.78 is 28.5. The molecule has 0 atom stereocenters. The summed E-state index contributed by atoms with van der Waals surface area (Å²) in [4.78, 5) is 4.28. The van der Waals surface area contributed by atoms with E-state index in [-0.39, 0.29) is 6.61 Å². The van der Waals surface area contributed by atoms with Crippen molar-refractivity contribution in [2.24, 2.45) is 0 Å². The van der Waals surface area contributed by atoms with Crippen LogP contribution in [0.2, 0.25) is 0 Å². The van der Waals surface area contributed by atoms with E-state index in [0.717, 1.165) is 16.5 Å². The van der Waals surface area contributed by atoms with E-state index in [1.165, 1.54) is 0 Å². The maximum atomic E-state index is 11.8. The number of nitrogens with zero attached hydrogens (tertiary/aromatic N) is 1. The van der Waals surface area contributed by atoms with Crippen LogP contribution in [0.5, 0.6) is 0 Å². The Balaban J connectivity index is 1.82. The first-order valence-corrected chi connectivity index (χ1v) is 6.16. The molecule has 1 aromatic heterocycles. The standard InChI is InChI=1S/C14H16F2N2O/c15-14(16)10-19-8-7-17-9-11-5-6-18-13-4-2-1-3-12(11)13/h1-6,14,17H,7-10H2. The third kappa shape index (κ3) is 4.22. The molecular formula is C14H16F2N2O. The van der Waals surface area contributed by atoms with Gasteiger partial charge in [-0.3, -0.25) is 4.98 Å². The number of para-hydroxylation sites is 1. The molecule has 0 amide bonds. The van der Waals surface area contributed by atoms with Gasteiger partial charge in [0.2, 0.25) is 0 Å². The summed E-state index contributed by atoms with van der Waals surface area (Å²) in [7, 11) is 0. The van der Waals surface area contributed by atoms with Gasteiger partial charge in [-0.25, -0.2) is 8.78 Å². The minimum atomic E-state index is -2.40. The lowest BCUT2D eigenvalue weighted by Gasteiger charge is -2.08. The zero-order valence-electron chi connectivity index (χ0n) is 10.5. The molecule has 2 rings (SSSR count). The van der Waals surface area contributed by atoms with Crippen LogP contribution in [0.15, 0.2) is 36.5 Å². The van der Waals surface area contributed by atoms with Gasteiger partial charge in [-0.2, -0.15) is 0 Å². The second-order valence-electron chi connectivity index (χ2n) is 4.13. The monoisotopic (exact) mass is 266 g/mol. The van der Waals surface area contributed by atoms with Crippen molar-refractivity contribution in [1.29, 1.82) is 0 Å². The maximum Gasteiger partial charge on any atom is 0.261 e. The average Bonchev–Trinajstić information content (AvgIpc) is 2.42. The summed E-state index contributed by atoms with van der Waals surface area (Å²) in [6, 6.07) is 9.86. The Morgan fingerprint density at radius 1 is 1.21 bits per heavy atom. The smallest absolute Gasteiger partial charge is 0.261 e. The molecule has 1 aromatic carbocycles. The highest BCUT2D eigenvalue weighted by atomic mass is 19.3. The first-order chi connectivity index (χ1) is 9.27. The van der Waals surface area contributed by atoms with Crippen molar-refractivity contribution in [2.75, 3.05) is 19.8 Å². The third-order valence-electron chi connectivity index (χ3n) is 2.72. The van der Waals surface area contributed by atoms with Crippen molar-refractivity contribution >= 4 is 10.9 Å². The summed E-state index contributed by atoms with van der Waals surface area (Å²) in [5.41, 5.74) is 2.09. The van der Waals surface area contributed by atoms with E-state index in [4.69, 9.17) is 4.74 Å². The highest BCUT2D eigenvalue weighted by molar-refractivity contribution is 5.81. The van der Waals surface area contributed by atoms with Crippen LogP contribution < -0.4 is 5.32 Å². The predicted octanol–water partition coefficient (Wildman–Crippen LogP) is 2.61. The Bertz CT molecular complexity index is 514. The summed E-state index contributed by atoms with van der Waals surface area (Å²) >= 11 is 0. The number of alkyl halides is 2. The van der Waals surface area contributed by atoms with Gasteiger partial charge in [-0.15, -0.1) is 0 Å². The predicted molar refractivity (Wildman–Crippen MR) is 70.3 cm³/mol. The first kappa shape index (κ1) is 13.8. The quantitative estimate of drug-likeness (QED) is 0.782. The second-order valence-corrected chi connectivity index (χ2v) is 4.13. The van der Waals surface area contributed by atoms with Crippen LogP contribution in [0, 0.1) is 0 Å². The first-order valence-electron chi connectivity index (χ1n) is 6.16. The van der Waals surface area contributed by atoms with Gasteiger partial charge in [0, 0.05) is 24.7 Å². The molecule has 0 radical (unpaired) electrons. The highest BCUT2D eigenvalue weighted by Crippen LogP contribution is 2.15. The van der Waals surface area contributed by atoms with Gasteiger partial charge in [-0.05, 0) is 17.7 Å². The number of halogens is 2. The van der Waals surface area contributed by atoms with Crippen LogP contribution in [0.4, 0.5) is 8.78 Å². The number of pyridine rings is 1. The van der Waals surface area contributed by atoms with Crippen molar-refractivity contribution in [2.45, 2.75) is 13.0 Å². The number of nitrogens with one attached hydrogen (secondary N) is 1. The number of rotatable bonds is 7. The topological polar surface area (TPSA) is 34.1 Å². The molecular weight excluding hydrogens is 250 g/mol. The summed E-state index contributed by atoms with van der Waals surface area (Å²) in [6.07, 6.45) is -0.628. The van der Waals surface area contributed by atoms with E-state index in [1.54, 1.807) is 6.20 Å². The van der Waals surface area contributed by atoms with Gasteiger partial charge < -0.3 is 10.1 Å². The van der Waals surface area contributed by atoms with Crippen LogP contribution in [0.1, 0.15) is 5.56 Å². The zero-order valence-corrected chi connectivity index (χ0v) is 10.5. The van der Waals surface area contributed by atoms with Gasteiger partial charge in [0.15, 0.2) is 0 Å². The molecule has 0 saturated carbocycles. The molecule has 5 heteroatoms. The molecule has 19 heavy (non-hydrogen) atoms. The fourth-order valence-electron chi connectivity index (χ4n) is 1.85. The molecule has 1 N–H and O–H groups in total. The Labute approximate surface area is 110 Å². The molecule has 0 aliphatic heterocycles. The van der Waals surface area contributed by atoms with E-state index in [1.807, 2.05) is 30.3 Å². The van der Waals surface area contributed by atoms with Gasteiger partial charge in [0.05, 0.1) is 12.1 Å². The number of fused-ring (bicyclic) bond motifs is 1. The molecule has 0 unspecified atom stereocenters. The van der Waals surface area contributed by atoms with E-state index < -0.39 is 13.0 Å². The normalized spacial score (nSPS) is 11.3. The molecule has 0 bridgehead atoms. The fourth-order valence-corrected chi connectivity index (χ4v) is 1.85. The molecule has 0 spiro atoms. The van der Waals surface area contributed by atoms with Crippen LogP contribution in [-0.4, -0.2) is 31.2 Å². The number of aromatic nitrogens is 1. The van der Waals surface area contributed by atoms with Crippen LogP contribution in [0.25, 0.3) is 10.9 Å². The van der Waals surface area contributed by atoms with Crippen LogP contribution in [0.3, 0.4) is 0 Å². The van der Waals surface area contributed by atoms with Gasteiger partial charge in [0.25, 0.3) is 6.43 Å². The average molecular weight is 266 g/mol. The van der Waals surface area contributed by atoms with E-state index >= 15 is 0 Å². The number of benzene rings is 1. The largest absolute Gasteiger partial charge is 0.374 e. The van der Waals surface area contributed by atoms with Gasteiger partial charge in [0.1, 0.15) is 6.61 Å². The van der Waals surface area contributed by atoms with Crippen molar-refractivity contribution < 1.29 is 13.5 Å². The Morgan fingerprint density at radius 3 is 2.89 bits per heavy atom. The molecule has 102 valence electrons. The molecule has 2 aromatic rings. The van der Waals surface area contributed by atoms with E-state index in [0.29, 0.717) is 13.1 Å². The fraction of sp³-hybridized carbons (Fsp3) is 0.357. The molecule has 3 nitrogen and oxygen atoms in total. The summed E-state index contributed by atoms with van der Waals surface area (Å²) in [5, 5.41) is 4.27. The lowest BCUT2D eigenvalue weighted by molar-refractivity contribution is 0.0187. The minimum absolute atomic E-state index is 0.285. The summed E-state index contributed by atoms with van der Waals surface area (Å²) in [6.45, 7) is 0.998. The number of ether oxygens (including phenoxy) is 1. The number of hydrogen-bond acceptors (Lipinski definition) is 3.